The van der Waals surface area contributed by atoms with Crippen LogP contribution < -0.4 is 0 Å². The average molecular weight is 365 g/mol. The third-order valence-corrected chi connectivity index (χ3v) is 5.24. The molecular weight excluding hydrogens is 342 g/mol. The summed E-state index contributed by atoms with van der Waals surface area (Å²) in [5.41, 5.74) is 2.15. The van der Waals surface area contributed by atoms with Crippen molar-refractivity contribution >= 4 is 22.7 Å². The molecule has 0 N–H and O–H groups in total. The Kier molecular flexibility index (Phi) is 4.02. The second-order valence-electron chi connectivity index (χ2n) is 7.22. The molecule has 0 radical (unpaired) electrons. The zero-order chi connectivity index (χ0) is 19.3. The lowest BCUT2D eigenvalue weighted by atomic mass is 10.1. The van der Waals surface area contributed by atoms with Gasteiger partial charge in [0.15, 0.2) is 0 Å². The normalized spacial score (nSPS) is 16.4. The van der Waals surface area contributed by atoms with Gasteiger partial charge in [0.1, 0.15) is 11.5 Å². The van der Waals surface area contributed by atoms with Gasteiger partial charge < -0.3 is 18.9 Å². The van der Waals surface area contributed by atoms with Gasteiger partial charge in [-0.15, -0.1) is 0 Å². The molecule has 3 heterocycles. The van der Waals surface area contributed by atoms with Crippen LogP contribution in [0.1, 0.15) is 39.6 Å². The zero-order valence-electron chi connectivity index (χ0n) is 16.0. The Bertz CT molecular complexity index is 1050. The van der Waals surface area contributed by atoms with E-state index in [0.717, 1.165) is 16.7 Å². The van der Waals surface area contributed by atoms with Crippen LogP contribution in [0.5, 0.6) is 0 Å². The van der Waals surface area contributed by atoms with Gasteiger partial charge in [0.05, 0.1) is 11.6 Å². The van der Waals surface area contributed by atoms with Crippen LogP contribution in [0.15, 0.2) is 36.7 Å². The van der Waals surface area contributed by atoms with E-state index >= 15 is 0 Å². The number of benzene rings is 1. The fourth-order valence-electron chi connectivity index (χ4n) is 3.77. The van der Waals surface area contributed by atoms with Gasteiger partial charge in [0, 0.05) is 57.5 Å². The Labute approximate surface area is 157 Å². The van der Waals surface area contributed by atoms with Crippen LogP contribution in [0.3, 0.4) is 0 Å². The Morgan fingerprint density at radius 3 is 2.63 bits per heavy atom. The van der Waals surface area contributed by atoms with Crippen molar-refractivity contribution in [1.29, 1.82) is 0 Å². The lowest BCUT2D eigenvalue weighted by molar-refractivity contribution is 0.0639. The van der Waals surface area contributed by atoms with Crippen molar-refractivity contribution in [2.24, 2.45) is 7.05 Å². The van der Waals surface area contributed by atoms with E-state index in [1.54, 1.807) is 20.3 Å². The molecular formula is C20H23N5O2. The molecule has 0 saturated heterocycles. The van der Waals surface area contributed by atoms with Gasteiger partial charge in [-0.05, 0) is 13.0 Å². The first-order chi connectivity index (χ1) is 12.9. The van der Waals surface area contributed by atoms with Crippen LogP contribution >= 0.6 is 0 Å². The largest absolute Gasteiger partial charge is 0.350 e. The number of fused-ring (bicyclic) bond motifs is 2. The molecule has 4 rings (SSSR count). The first kappa shape index (κ1) is 17.3. The number of carbonyl (C=O) groups is 2. The van der Waals surface area contributed by atoms with Gasteiger partial charge in [0.25, 0.3) is 11.8 Å². The number of aryl methyl sites for hydroxylation is 1. The molecule has 1 atom stereocenters. The second kappa shape index (κ2) is 6.26. The highest BCUT2D eigenvalue weighted by atomic mass is 16.2. The molecule has 0 saturated carbocycles. The highest BCUT2D eigenvalue weighted by Gasteiger charge is 2.32. The van der Waals surface area contributed by atoms with Gasteiger partial charge in [-0.3, -0.25) is 9.59 Å². The SMILES string of the molecule is C[C@@H]1c2nc(C(=O)N(C)C)cn2CCN1C(=O)c1cn(C)c2ccccc12. The summed E-state index contributed by atoms with van der Waals surface area (Å²) < 4.78 is 3.96. The fraction of sp³-hybridized carbons (Fsp3) is 0.350. The number of amides is 2. The van der Waals surface area contributed by atoms with Gasteiger partial charge >= 0.3 is 0 Å². The second-order valence-corrected chi connectivity index (χ2v) is 7.22. The Hall–Kier alpha value is -3.09. The molecule has 1 aromatic carbocycles. The fourth-order valence-corrected chi connectivity index (χ4v) is 3.77. The Morgan fingerprint density at radius 2 is 1.89 bits per heavy atom. The summed E-state index contributed by atoms with van der Waals surface area (Å²) in [5.74, 6) is 0.616. The van der Waals surface area contributed by atoms with Crippen molar-refractivity contribution in [3.05, 3.63) is 53.7 Å². The number of carbonyl (C=O) groups excluding carboxylic acids is 2. The maximum atomic E-state index is 13.3. The topological polar surface area (TPSA) is 63.4 Å². The molecule has 7 heteroatoms. The van der Waals surface area contributed by atoms with E-state index < -0.39 is 0 Å². The summed E-state index contributed by atoms with van der Waals surface area (Å²) in [6, 6.07) is 7.71. The van der Waals surface area contributed by atoms with E-state index in [9.17, 15) is 9.59 Å². The smallest absolute Gasteiger partial charge is 0.273 e. The van der Waals surface area contributed by atoms with Gasteiger partial charge in [-0.2, -0.15) is 0 Å². The van der Waals surface area contributed by atoms with Crippen LogP contribution in [0, 0.1) is 0 Å². The van der Waals surface area contributed by atoms with E-state index in [1.807, 2.05) is 58.5 Å². The molecule has 1 aliphatic rings. The standard InChI is InChI=1S/C20H23N5O2/c1-13-18-21-16(20(27)22(2)3)12-24(18)9-10-25(13)19(26)15-11-23(4)17-8-6-5-7-14(15)17/h5-8,11-13H,9-10H2,1-4H3/t13-/m1/s1. The van der Waals surface area contributed by atoms with Crippen LogP contribution in [0.4, 0.5) is 0 Å². The maximum Gasteiger partial charge on any atom is 0.273 e. The molecule has 140 valence electrons. The Balaban J connectivity index is 1.68. The monoisotopic (exact) mass is 365 g/mol. The summed E-state index contributed by atoms with van der Waals surface area (Å²) in [5, 5.41) is 0.953. The van der Waals surface area contributed by atoms with E-state index in [0.29, 0.717) is 24.3 Å². The molecule has 0 bridgehead atoms. The minimum absolute atomic E-state index is 0.00552. The first-order valence-electron chi connectivity index (χ1n) is 9.02. The molecule has 2 aromatic heterocycles. The van der Waals surface area contributed by atoms with Crippen molar-refractivity contribution in [2.45, 2.75) is 19.5 Å². The van der Waals surface area contributed by atoms with Crippen LogP contribution in [-0.4, -0.2) is 56.4 Å². The van der Waals surface area contributed by atoms with E-state index in [4.69, 9.17) is 0 Å². The summed E-state index contributed by atoms with van der Waals surface area (Å²) in [6.07, 6.45) is 3.68. The molecule has 0 fully saturated rings. The van der Waals surface area contributed by atoms with Crippen LogP contribution in [0.25, 0.3) is 10.9 Å². The minimum atomic E-state index is -0.200. The van der Waals surface area contributed by atoms with Crippen LogP contribution in [-0.2, 0) is 13.6 Å². The molecule has 2 amide bonds. The maximum absolute atomic E-state index is 13.3. The number of hydrogen-bond donors (Lipinski definition) is 0. The third-order valence-electron chi connectivity index (χ3n) is 5.24. The minimum Gasteiger partial charge on any atom is -0.350 e. The van der Waals surface area contributed by atoms with Crippen LogP contribution in [0.2, 0.25) is 0 Å². The van der Waals surface area contributed by atoms with Crippen molar-refractivity contribution < 1.29 is 9.59 Å². The predicted octanol–water partition coefficient (Wildman–Crippen LogP) is 2.29. The van der Waals surface area contributed by atoms with Crippen molar-refractivity contribution in [1.82, 2.24) is 23.9 Å². The van der Waals surface area contributed by atoms with Crippen molar-refractivity contribution in [3.63, 3.8) is 0 Å². The summed E-state index contributed by atoms with van der Waals surface area (Å²) in [4.78, 5) is 33.4. The number of aromatic nitrogens is 3. The molecule has 1 aliphatic heterocycles. The highest BCUT2D eigenvalue weighted by molar-refractivity contribution is 6.07. The summed E-state index contributed by atoms with van der Waals surface area (Å²) >= 11 is 0. The molecule has 7 nitrogen and oxygen atoms in total. The Morgan fingerprint density at radius 1 is 1.15 bits per heavy atom. The molecule has 0 spiro atoms. The number of nitrogens with zero attached hydrogens (tertiary/aromatic N) is 5. The molecule has 27 heavy (non-hydrogen) atoms. The summed E-state index contributed by atoms with van der Waals surface area (Å²) in [6.45, 7) is 3.18. The van der Waals surface area contributed by atoms with Crippen molar-refractivity contribution in [2.75, 3.05) is 20.6 Å². The number of hydrogen-bond acceptors (Lipinski definition) is 3. The first-order valence-corrected chi connectivity index (χ1v) is 9.02. The van der Waals surface area contributed by atoms with E-state index in [2.05, 4.69) is 4.98 Å². The third kappa shape index (κ3) is 2.70. The molecule has 3 aromatic rings. The quantitative estimate of drug-likeness (QED) is 0.700. The number of imidazole rings is 1. The van der Waals surface area contributed by atoms with Crippen molar-refractivity contribution in [3.8, 4) is 0 Å². The van der Waals surface area contributed by atoms with Gasteiger partial charge in [-0.25, -0.2) is 4.98 Å². The average Bonchev–Trinajstić information content (AvgIpc) is 3.23. The summed E-state index contributed by atoms with van der Waals surface area (Å²) in [7, 11) is 5.37. The molecule has 0 unspecified atom stereocenters. The lowest BCUT2D eigenvalue weighted by Gasteiger charge is -2.33. The predicted molar refractivity (Wildman–Crippen MR) is 103 cm³/mol. The van der Waals surface area contributed by atoms with Gasteiger partial charge in [0.2, 0.25) is 0 Å². The van der Waals surface area contributed by atoms with Gasteiger partial charge in [-0.1, -0.05) is 18.2 Å². The number of para-hydroxylation sites is 1. The number of rotatable bonds is 2. The van der Waals surface area contributed by atoms with E-state index in [-0.39, 0.29) is 17.9 Å². The van der Waals surface area contributed by atoms with E-state index in [1.165, 1.54) is 4.90 Å². The highest BCUT2D eigenvalue weighted by Crippen LogP contribution is 2.29. The molecule has 0 aliphatic carbocycles. The zero-order valence-corrected chi connectivity index (χ0v) is 16.0. The lowest BCUT2D eigenvalue weighted by Crippen LogP contribution is -2.41.